The molecule has 0 spiro atoms. The van der Waals surface area contributed by atoms with E-state index in [1.54, 1.807) is 0 Å². The van der Waals surface area contributed by atoms with Gasteiger partial charge in [0.2, 0.25) is 0 Å². The maximum Gasteiger partial charge on any atom is 0.338 e. The number of carbonyl (C=O) groups is 2. The van der Waals surface area contributed by atoms with Gasteiger partial charge in [-0.15, -0.1) is 0 Å². The summed E-state index contributed by atoms with van der Waals surface area (Å²) in [6.45, 7) is -0.472. The molecule has 9 heteroatoms. The van der Waals surface area contributed by atoms with Crippen molar-refractivity contribution in [3.8, 4) is 0 Å². The number of likely N-dealkylation sites (N-methyl/N-ethyl adjacent to an activating group) is 1. The topological polar surface area (TPSA) is 102 Å². The van der Waals surface area contributed by atoms with Gasteiger partial charge in [0, 0.05) is 12.7 Å². The van der Waals surface area contributed by atoms with Crippen molar-refractivity contribution in [1.29, 1.82) is 0 Å². The third kappa shape index (κ3) is 5.01. The van der Waals surface area contributed by atoms with Gasteiger partial charge in [-0.1, -0.05) is 6.07 Å². The minimum atomic E-state index is -3.98. The first-order chi connectivity index (χ1) is 11.8. The fourth-order valence-electron chi connectivity index (χ4n) is 1.81. The number of amides is 1. The third-order valence-corrected chi connectivity index (χ3v) is 4.47. The lowest BCUT2D eigenvalue weighted by Crippen LogP contribution is -2.25. The molecule has 0 heterocycles. The molecule has 0 aliphatic rings. The number of halogens is 1. The van der Waals surface area contributed by atoms with Gasteiger partial charge in [-0.3, -0.25) is 9.52 Å². The number of anilines is 1. The second kappa shape index (κ2) is 7.75. The summed E-state index contributed by atoms with van der Waals surface area (Å²) in [6.07, 6.45) is 0. The number of rotatable bonds is 6. The van der Waals surface area contributed by atoms with E-state index in [0.29, 0.717) is 0 Å². The summed E-state index contributed by atoms with van der Waals surface area (Å²) in [5, 5.41) is 2.29. The third-order valence-electron chi connectivity index (χ3n) is 3.09. The van der Waals surface area contributed by atoms with Gasteiger partial charge in [0.15, 0.2) is 6.61 Å². The number of esters is 1. The molecular weight excluding hydrogens is 351 g/mol. The van der Waals surface area contributed by atoms with Crippen LogP contribution in [0, 0.1) is 5.82 Å². The van der Waals surface area contributed by atoms with Gasteiger partial charge < -0.3 is 10.1 Å². The smallest absolute Gasteiger partial charge is 0.338 e. The molecule has 0 atom stereocenters. The summed E-state index contributed by atoms with van der Waals surface area (Å²) in [6, 6.07) is 9.93. The fraction of sp³-hybridized carbons (Fsp3) is 0.125. The van der Waals surface area contributed by atoms with Crippen molar-refractivity contribution < 1.29 is 27.1 Å². The van der Waals surface area contributed by atoms with Gasteiger partial charge in [0.25, 0.3) is 15.9 Å². The fourth-order valence-corrected chi connectivity index (χ4v) is 2.91. The lowest BCUT2D eigenvalue weighted by Gasteiger charge is -2.09. The van der Waals surface area contributed by atoms with Crippen molar-refractivity contribution in [3.05, 3.63) is 59.9 Å². The molecule has 7 nitrogen and oxygen atoms in total. The summed E-state index contributed by atoms with van der Waals surface area (Å²) in [5.41, 5.74) is 0.153. The van der Waals surface area contributed by atoms with E-state index in [2.05, 4.69) is 10.0 Å². The first kappa shape index (κ1) is 18.4. The standard InChI is InChI=1S/C16H15FN2O5S/c1-18-15(20)10-24-16(21)11-3-2-4-14(9-11)25(22,23)19-13-7-5-12(17)6-8-13/h2-9,19H,10H2,1H3,(H,18,20). The second-order valence-corrected chi connectivity index (χ2v) is 6.57. The number of hydrogen-bond acceptors (Lipinski definition) is 5. The van der Waals surface area contributed by atoms with E-state index in [9.17, 15) is 22.4 Å². The highest BCUT2D eigenvalue weighted by Crippen LogP contribution is 2.18. The molecule has 132 valence electrons. The molecule has 2 rings (SSSR count). The van der Waals surface area contributed by atoms with Crippen molar-refractivity contribution in [3.63, 3.8) is 0 Å². The van der Waals surface area contributed by atoms with Gasteiger partial charge in [-0.05, 0) is 42.5 Å². The van der Waals surface area contributed by atoms with Gasteiger partial charge in [-0.2, -0.15) is 0 Å². The highest BCUT2D eigenvalue weighted by Gasteiger charge is 2.17. The molecule has 0 aliphatic carbocycles. The van der Waals surface area contributed by atoms with E-state index < -0.39 is 34.3 Å². The number of hydrogen-bond donors (Lipinski definition) is 2. The number of benzene rings is 2. The lowest BCUT2D eigenvalue weighted by atomic mass is 10.2. The van der Waals surface area contributed by atoms with E-state index in [4.69, 9.17) is 4.74 Å². The van der Waals surface area contributed by atoms with Crippen LogP contribution in [0.2, 0.25) is 0 Å². The van der Waals surface area contributed by atoms with Gasteiger partial charge in [0.1, 0.15) is 5.82 Å². The highest BCUT2D eigenvalue weighted by molar-refractivity contribution is 7.92. The van der Waals surface area contributed by atoms with Crippen LogP contribution in [0.5, 0.6) is 0 Å². The maximum absolute atomic E-state index is 12.9. The molecule has 2 N–H and O–H groups in total. The Labute approximate surface area is 143 Å². The molecular formula is C16H15FN2O5S. The summed E-state index contributed by atoms with van der Waals surface area (Å²) in [5.74, 6) is -1.82. The number of carbonyl (C=O) groups excluding carboxylic acids is 2. The zero-order valence-corrected chi connectivity index (χ0v) is 14.0. The van der Waals surface area contributed by atoms with Crippen molar-refractivity contribution in [2.45, 2.75) is 4.90 Å². The van der Waals surface area contributed by atoms with Crippen molar-refractivity contribution >= 4 is 27.6 Å². The van der Waals surface area contributed by atoms with Crippen LogP contribution >= 0.6 is 0 Å². The monoisotopic (exact) mass is 366 g/mol. The molecule has 0 fully saturated rings. The Balaban J connectivity index is 2.17. The first-order valence-electron chi connectivity index (χ1n) is 7.08. The Morgan fingerprint density at radius 1 is 1.12 bits per heavy atom. The SMILES string of the molecule is CNC(=O)COC(=O)c1cccc(S(=O)(=O)Nc2ccc(F)cc2)c1. The van der Waals surface area contributed by atoms with Crippen LogP contribution in [0.3, 0.4) is 0 Å². The maximum atomic E-state index is 12.9. The predicted molar refractivity (Wildman–Crippen MR) is 88.0 cm³/mol. The molecule has 0 saturated heterocycles. The van der Waals surface area contributed by atoms with Crippen LogP contribution in [-0.4, -0.2) is 33.9 Å². The van der Waals surface area contributed by atoms with E-state index in [-0.39, 0.29) is 16.1 Å². The average molecular weight is 366 g/mol. The molecule has 0 unspecified atom stereocenters. The predicted octanol–water partition coefficient (Wildman–Crippen LogP) is 1.53. The summed E-state index contributed by atoms with van der Waals surface area (Å²) in [4.78, 5) is 22.8. The largest absolute Gasteiger partial charge is 0.452 e. The molecule has 0 bridgehead atoms. The molecule has 0 saturated carbocycles. The lowest BCUT2D eigenvalue weighted by molar-refractivity contribution is -0.123. The number of sulfonamides is 1. The molecule has 0 aromatic heterocycles. The normalized spacial score (nSPS) is 10.8. The van der Waals surface area contributed by atoms with E-state index in [0.717, 1.165) is 18.2 Å². The molecule has 2 aromatic rings. The first-order valence-corrected chi connectivity index (χ1v) is 8.56. The van der Waals surface area contributed by atoms with Gasteiger partial charge in [-0.25, -0.2) is 17.6 Å². The zero-order chi connectivity index (χ0) is 18.4. The Hall–Kier alpha value is -2.94. The van der Waals surface area contributed by atoms with Crippen LogP contribution in [0.25, 0.3) is 0 Å². The molecule has 0 radical (unpaired) electrons. The Morgan fingerprint density at radius 3 is 2.44 bits per heavy atom. The summed E-state index contributed by atoms with van der Waals surface area (Å²) in [7, 11) is -2.58. The quantitative estimate of drug-likeness (QED) is 0.755. The van der Waals surface area contributed by atoms with Crippen molar-refractivity contribution in [1.82, 2.24) is 5.32 Å². The highest BCUT2D eigenvalue weighted by atomic mass is 32.2. The summed E-state index contributed by atoms with van der Waals surface area (Å²) >= 11 is 0. The van der Waals surface area contributed by atoms with Gasteiger partial charge >= 0.3 is 5.97 Å². The molecule has 0 aliphatic heterocycles. The molecule has 1 amide bonds. The van der Waals surface area contributed by atoms with Crippen molar-refractivity contribution in [2.75, 3.05) is 18.4 Å². The van der Waals surface area contributed by atoms with Gasteiger partial charge in [0.05, 0.1) is 10.5 Å². The Kier molecular flexibility index (Phi) is 5.71. The Bertz CT molecular complexity index is 882. The van der Waals surface area contributed by atoms with Crippen LogP contribution in [-0.2, 0) is 19.6 Å². The van der Waals surface area contributed by atoms with E-state index in [1.165, 1.54) is 37.4 Å². The number of ether oxygens (including phenoxy) is 1. The minimum Gasteiger partial charge on any atom is -0.452 e. The second-order valence-electron chi connectivity index (χ2n) is 4.89. The minimum absolute atomic E-state index is 0.0223. The van der Waals surface area contributed by atoms with Crippen LogP contribution < -0.4 is 10.0 Å². The summed E-state index contributed by atoms with van der Waals surface area (Å²) < 4.78 is 44.6. The molecule has 2 aromatic carbocycles. The van der Waals surface area contributed by atoms with E-state index >= 15 is 0 Å². The Morgan fingerprint density at radius 2 is 1.80 bits per heavy atom. The van der Waals surface area contributed by atoms with E-state index in [1.807, 2.05) is 0 Å². The van der Waals surface area contributed by atoms with Crippen LogP contribution in [0.4, 0.5) is 10.1 Å². The van der Waals surface area contributed by atoms with Crippen LogP contribution in [0.15, 0.2) is 53.4 Å². The zero-order valence-electron chi connectivity index (χ0n) is 13.2. The van der Waals surface area contributed by atoms with Crippen molar-refractivity contribution in [2.24, 2.45) is 0 Å². The molecule has 25 heavy (non-hydrogen) atoms. The number of nitrogens with one attached hydrogen (secondary N) is 2. The van der Waals surface area contributed by atoms with Crippen LogP contribution in [0.1, 0.15) is 10.4 Å². The average Bonchev–Trinajstić information content (AvgIpc) is 2.61.